The predicted molar refractivity (Wildman–Crippen MR) is 106 cm³/mol. The van der Waals surface area contributed by atoms with Crippen molar-refractivity contribution >= 4 is 17.9 Å². The number of hydrogen-bond donors (Lipinski definition) is 1. The lowest BCUT2D eigenvalue weighted by Gasteiger charge is -2.06. The van der Waals surface area contributed by atoms with Crippen LogP contribution in [0.25, 0.3) is 0 Å². The molecular formula is C22H27NO3. The summed E-state index contributed by atoms with van der Waals surface area (Å²) in [7, 11) is 0. The molecule has 2 aromatic rings. The summed E-state index contributed by atoms with van der Waals surface area (Å²) in [5.74, 6) is -0.0617. The molecule has 0 aliphatic rings. The number of aromatic carboxylic acids is 1. The van der Waals surface area contributed by atoms with E-state index in [4.69, 9.17) is 9.84 Å². The van der Waals surface area contributed by atoms with Crippen LogP contribution in [0.4, 0.5) is 5.69 Å². The van der Waals surface area contributed by atoms with Gasteiger partial charge < -0.3 is 9.84 Å². The monoisotopic (exact) mass is 353 g/mol. The van der Waals surface area contributed by atoms with E-state index in [9.17, 15) is 4.79 Å². The van der Waals surface area contributed by atoms with Gasteiger partial charge in [-0.15, -0.1) is 0 Å². The number of rotatable bonds is 11. The Hall–Kier alpha value is -2.62. The third kappa shape index (κ3) is 7.09. The van der Waals surface area contributed by atoms with Crippen LogP contribution in [-0.4, -0.2) is 23.9 Å². The minimum Gasteiger partial charge on any atom is -0.494 e. The van der Waals surface area contributed by atoms with Gasteiger partial charge in [0.05, 0.1) is 17.9 Å². The standard InChI is InChI=1S/C22H27NO3/c1-2-3-4-5-6-7-16-26-21-14-12-20(13-15-21)23-17-18-8-10-19(11-9-18)22(24)25/h8-15,17H,2-7,16H2,1H3,(H,24,25)/b23-17+. The molecule has 0 fully saturated rings. The van der Waals surface area contributed by atoms with Gasteiger partial charge in [-0.3, -0.25) is 4.99 Å². The Morgan fingerprint density at radius 3 is 2.27 bits per heavy atom. The van der Waals surface area contributed by atoms with E-state index < -0.39 is 5.97 Å². The summed E-state index contributed by atoms with van der Waals surface area (Å²) in [6.07, 6.45) is 9.25. The first-order valence-electron chi connectivity index (χ1n) is 9.29. The van der Waals surface area contributed by atoms with Gasteiger partial charge in [-0.05, 0) is 48.4 Å². The van der Waals surface area contributed by atoms with Gasteiger partial charge in [0.2, 0.25) is 0 Å². The zero-order valence-electron chi connectivity index (χ0n) is 15.4. The van der Waals surface area contributed by atoms with E-state index in [1.807, 2.05) is 24.3 Å². The van der Waals surface area contributed by atoms with Crippen LogP contribution in [0.15, 0.2) is 53.5 Å². The highest BCUT2D eigenvalue weighted by atomic mass is 16.5. The van der Waals surface area contributed by atoms with Crippen LogP contribution in [0.2, 0.25) is 0 Å². The predicted octanol–water partition coefficient (Wildman–Crippen LogP) is 5.87. The van der Waals surface area contributed by atoms with Crippen molar-refractivity contribution in [1.82, 2.24) is 0 Å². The highest BCUT2D eigenvalue weighted by molar-refractivity contribution is 5.89. The highest BCUT2D eigenvalue weighted by Crippen LogP contribution is 2.18. The van der Waals surface area contributed by atoms with Crippen LogP contribution in [0, 0.1) is 0 Å². The van der Waals surface area contributed by atoms with Crippen molar-refractivity contribution in [3.05, 3.63) is 59.7 Å². The van der Waals surface area contributed by atoms with Crippen LogP contribution in [-0.2, 0) is 0 Å². The summed E-state index contributed by atoms with van der Waals surface area (Å²) in [6.45, 7) is 2.98. The number of nitrogens with zero attached hydrogens (tertiary/aromatic N) is 1. The fourth-order valence-corrected chi connectivity index (χ4v) is 2.56. The van der Waals surface area contributed by atoms with Gasteiger partial charge in [0, 0.05) is 6.21 Å². The van der Waals surface area contributed by atoms with Crippen LogP contribution >= 0.6 is 0 Å². The van der Waals surface area contributed by atoms with Crippen molar-refractivity contribution in [2.45, 2.75) is 45.4 Å². The molecule has 0 heterocycles. The molecule has 0 saturated heterocycles. The van der Waals surface area contributed by atoms with Crippen LogP contribution in [0.5, 0.6) is 5.75 Å². The van der Waals surface area contributed by atoms with E-state index in [1.54, 1.807) is 30.5 Å². The summed E-state index contributed by atoms with van der Waals surface area (Å²) in [5, 5.41) is 8.89. The fourth-order valence-electron chi connectivity index (χ4n) is 2.56. The number of carboxylic acids is 1. The summed E-state index contributed by atoms with van der Waals surface area (Å²) < 4.78 is 5.76. The number of aliphatic imine (C=N–C) groups is 1. The van der Waals surface area contributed by atoms with Gasteiger partial charge >= 0.3 is 5.97 Å². The quantitative estimate of drug-likeness (QED) is 0.406. The van der Waals surface area contributed by atoms with E-state index in [0.29, 0.717) is 0 Å². The first-order chi connectivity index (χ1) is 12.7. The van der Waals surface area contributed by atoms with Crippen LogP contribution in [0.3, 0.4) is 0 Å². The third-order valence-electron chi connectivity index (χ3n) is 4.12. The smallest absolute Gasteiger partial charge is 0.335 e. The van der Waals surface area contributed by atoms with Crippen molar-refractivity contribution in [3.8, 4) is 5.75 Å². The van der Waals surface area contributed by atoms with E-state index in [1.165, 1.54) is 32.1 Å². The molecule has 0 spiro atoms. The molecule has 0 bridgehead atoms. The van der Waals surface area contributed by atoms with E-state index >= 15 is 0 Å². The number of ether oxygens (including phenoxy) is 1. The van der Waals surface area contributed by atoms with Gasteiger partial charge in [0.15, 0.2) is 0 Å². The Kier molecular flexibility index (Phi) is 8.40. The first kappa shape index (κ1) is 19.7. The molecule has 0 aliphatic heterocycles. The first-order valence-corrected chi connectivity index (χ1v) is 9.29. The van der Waals surface area contributed by atoms with E-state index in [-0.39, 0.29) is 5.56 Å². The second kappa shape index (κ2) is 11.1. The summed E-state index contributed by atoms with van der Waals surface area (Å²) in [5.41, 5.74) is 1.96. The molecular weight excluding hydrogens is 326 g/mol. The molecule has 4 heteroatoms. The van der Waals surface area contributed by atoms with Crippen molar-refractivity contribution in [3.63, 3.8) is 0 Å². The number of unbranched alkanes of at least 4 members (excludes halogenated alkanes) is 5. The lowest BCUT2D eigenvalue weighted by atomic mass is 10.1. The molecule has 0 saturated carbocycles. The van der Waals surface area contributed by atoms with Crippen molar-refractivity contribution in [2.75, 3.05) is 6.61 Å². The molecule has 0 aliphatic carbocycles. The fraction of sp³-hybridized carbons (Fsp3) is 0.364. The van der Waals surface area contributed by atoms with Gasteiger partial charge in [0.1, 0.15) is 5.75 Å². The number of hydrogen-bond acceptors (Lipinski definition) is 3. The molecule has 138 valence electrons. The minimum atomic E-state index is -0.926. The second-order valence-electron chi connectivity index (χ2n) is 6.30. The number of carbonyl (C=O) groups is 1. The van der Waals surface area contributed by atoms with Crippen LogP contribution < -0.4 is 4.74 Å². The molecule has 2 aromatic carbocycles. The Labute approximate surface area is 155 Å². The Balaban J connectivity index is 1.75. The topological polar surface area (TPSA) is 58.9 Å². The number of carboxylic acid groups (broad SMARTS) is 1. The molecule has 0 aromatic heterocycles. The molecule has 0 radical (unpaired) electrons. The lowest BCUT2D eigenvalue weighted by molar-refractivity contribution is 0.0697. The highest BCUT2D eigenvalue weighted by Gasteiger charge is 2.00. The maximum absolute atomic E-state index is 10.8. The SMILES string of the molecule is CCCCCCCCOc1ccc(/N=C/c2ccc(C(=O)O)cc2)cc1. The molecule has 4 nitrogen and oxygen atoms in total. The normalized spacial score (nSPS) is 11.0. The lowest BCUT2D eigenvalue weighted by Crippen LogP contribution is -1.97. The molecule has 26 heavy (non-hydrogen) atoms. The Morgan fingerprint density at radius 2 is 1.62 bits per heavy atom. The maximum atomic E-state index is 10.8. The van der Waals surface area contributed by atoms with Crippen LogP contribution in [0.1, 0.15) is 61.4 Å². The van der Waals surface area contributed by atoms with Gasteiger partial charge in [-0.2, -0.15) is 0 Å². The molecule has 2 rings (SSSR count). The third-order valence-corrected chi connectivity index (χ3v) is 4.12. The van der Waals surface area contributed by atoms with Gasteiger partial charge in [0.25, 0.3) is 0 Å². The van der Waals surface area contributed by atoms with E-state index in [2.05, 4.69) is 11.9 Å². The van der Waals surface area contributed by atoms with Crippen molar-refractivity contribution < 1.29 is 14.6 Å². The maximum Gasteiger partial charge on any atom is 0.335 e. The zero-order chi connectivity index (χ0) is 18.6. The summed E-state index contributed by atoms with van der Waals surface area (Å²) in [4.78, 5) is 15.2. The second-order valence-corrected chi connectivity index (χ2v) is 6.30. The van der Waals surface area contributed by atoms with Gasteiger partial charge in [-0.1, -0.05) is 51.2 Å². The average molecular weight is 353 g/mol. The molecule has 0 amide bonds. The summed E-state index contributed by atoms with van der Waals surface area (Å²) >= 11 is 0. The van der Waals surface area contributed by atoms with Gasteiger partial charge in [-0.25, -0.2) is 4.79 Å². The minimum absolute atomic E-state index is 0.272. The largest absolute Gasteiger partial charge is 0.494 e. The van der Waals surface area contributed by atoms with Crippen molar-refractivity contribution in [2.24, 2.45) is 4.99 Å². The average Bonchev–Trinajstić information content (AvgIpc) is 2.67. The Bertz CT molecular complexity index is 690. The number of benzene rings is 2. The molecule has 0 atom stereocenters. The van der Waals surface area contributed by atoms with E-state index in [0.717, 1.165) is 30.0 Å². The Morgan fingerprint density at radius 1 is 0.962 bits per heavy atom. The zero-order valence-corrected chi connectivity index (χ0v) is 15.4. The molecule has 0 unspecified atom stereocenters. The molecule has 1 N–H and O–H groups in total. The summed E-state index contributed by atoms with van der Waals surface area (Å²) in [6, 6.07) is 14.3. The van der Waals surface area contributed by atoms with Crippen molar-refractivity contribution in [1.29, 1.82) is 0 Å².